The monoisotopic (exact) mass is 303 g/mol. The molecule has 0 saturated heterocycles. The van der Waals surface area contributed by atoms with Crippen LogP contribution in [0, 0.1) is 5.82 Å². The molecule has 3 nitrogen and oxygen atoms in total. The van der Waals surface area contributed by atoms with E-state index in [0.29, 0.717) is 4.47 Å². The highest BCUT2D eigenvalue weighted by atomic mass is 79.9. The molecule has 0 radical (unpaired) electrons. The van der Waals surface area contributed by atoms with E-state index in [-0.39, 0.29) is 11.9 Å². The van der Waals surface area contributed by atoms with Crippen molar-refractivity contribution < 1.29 is 14.3 Å². The van der Waals surface area contributed by atoms with Crippen molar-refractivity contribution in [3.05, 3.63) is 34.1 Å². The van der Waals surface area contributed by atoms with E-state index in [1.807, 2.05) is 6.92 Å². The lowest BCUT2D eigenvalue weighted by Crippen LogP contribution is -2.37. The van der Waals surface area contributed by atoms with E-state index in [1.54, 1.807) is 31.0 Å². The summed E-state index contributed by atoms with van der Waals surface area (Å²) in [5, 5.41) is 8.94. The summed E-state index contributed by atoms with van der Waals surface area (Å²) in [4.78, 5) is 12.6. The van der Waals surface area contributed by atoms with Gasteiger partial charge < -0.3 is 5.11 Å². The van der Waals surface area contributed by atoms with Gasteiger partial charge in [0.1, 0.15) is 11.9 Å². The highest BCUT2D eigenvalue weighted by Crippen LogP contribution is 2.25. The average Bonchev–Trinajstić information content (AvgIpc) is 2.29. The largest absolute Gasteiger partial charge is 0.480 e. The minimum Gasteiger partial charge on any atom is -0.480 e. The van der Waals surface area contributed by atoms with Gasteiger partial charge in [-0.15, -0.1) is 0 Å². The Morgan fingerprint density at radius 1 is 1.47 bits per heavy atom. The third-order valence-electron chi connectivity index (χ3n) is 3.01. The number of hydrogen-bond acceptors (Lipinski definition) is 2. The molecule has 5 heteroatoms. The van der Waals surface area contributed by atoms with Gasteiger partial charge in [0, 0.05) is 6.04 Å². The molecule has 2 unspecified atom stereocenters. The van der Waals surface area contributed by atoms with Gasteiger partial charge in [0.25, 0.3) is 0 Å². The molecule has 0 fully saturated rings. The molecule has 1 aromatic rings. The Bertz CT molecular complexity index is 425. The fourth-order valence-corrected chi connectivity index (χ4v) is 1.91. The van der Waals surface area contributed by atoms with Gasteiger partial charge in [0.05, 0.1) is 4.47 Å². The molecule has 0 aromatic heterocycles. The van der Waals surface area contributed by atoms with Crippen LogP contribution in [0.2, 0.25) is 0 Å². The van der Waals surface area contributed by atoms with E-state index < -0.39 is 12.0 Å². The van der Waals surface area contributed by atoms with Crippen LogP contribution in [0.4, 0.5) is 4.39 Å². The second kappa shape index (κ2) is 5.60. The quantitative estimate of drug-likeness (QED) is 0.929. The number of rotatable bonds is 4. The van der Waals surface area contributed by atoms with Crippen LogP contribution in [0.15, 0.2) is 22.7 Å². The third kappa shape index (κ3) is 3.26. The zero-order valence-corrected chi connectivity index (χ0v) is 11.5. The molecule has 2 atom stereocenters. The second-order valence-corrected chi connectivity index (χ2v) is 4.88. The predicted molar refractivity (Wildman–Crippen MR) is 67.4 cm³/mol. The van der Waals surface area contributed by atoms with Gasteiger partial charge in [-0.3, -0.25) is 9.69 Å². The first-order valence-corrected chi connectivity index (χ1v) is 6.03. The predicted octanol–water partition coefficient (Wildman–Crippen LogP) is 3.05. The Morgan fingerprint density at radius 3 is 2.53 bits per heavy atom. The molecule has 0 saturated carbocycles. The number of benzene rings is 1. The fourth-order valence-electron chi connectivity index (χ4n) is 1.52. The molecule has 1 aromatic carbocycles. The van der Waals surface area contributed by atoms with Gasteiger partial charge in [-0.25, -0.2) is 4.39 Å². The lowest BCUT2D eigenvalue weighted by molar-refractivity contribution is -0.142. The lowest BCUT2D eigenvalue weighted by Gasteiger charge is -2.28. The number of carboxylic acids is 1. The molecule has 0 bridgehead atoms. The number of nitrogens with zero attached hydrogens (tertiary/aromatic N) is 1. The van der Waals surface area contributed by atoms with Gasteiger partial charge in [0.2, 0.25) is 0 Å². The molecule has 0 aliphatic carbocycles. The van der Waals surface area contributed by atoms with Crippen LogP contribution in [-0.2, 0) is 4.79 Å². The lowest BCUT2D eigenvalue weighted by atomic mass is 10.1. The van der Waals surface area contributed by atoms with Crippen LogP contribution in [0.3, 0.4) is 0 Å². The van der Waals surface area contributed by atoms with E-state index >= 15 is 0 Å². The molecule has 94 valence electrons. The van der Waals surface area contributed by atoms with Gasteiger partial charge in [-0.05, 0) is 54.5 Å². The summed E-state index contributed by atoms with van der Waals surface area (Å²) in [5.41, 5.74) is 0.869. The minimum atomic E-state index is -0.875. The first-order valence-electron chi connectivity index (χ1n) is 5.24. The summed E-state index contributed by atoms with van der Waals surface area (Å²) in [7, 11) is 1.74. The van der Waals surface area contributed by atoms with E-state index in [0.717, 1.165) is 5.56 Å². The zero-order valence-electron chi connectivity index (χ0n) is 9.95. The second-order valence-electron chi connectivity index (χ2n) is 4.03. The Kier molecular flexibility index (Phi) is 4.65. The van der Waals surface area contributed by atoms with Crippen molar-refractivity contribution in [2.75, 3.05) is 7.05 Å². The maximum absolute atomic E-state index is 13.1. The van der Waals surface area contributed by atoms with Crippen LogP contribution in [0.1, 0.15) is 25.5 Å². The van der Waals surface area contributed by atoms with Gasteiger partial charge in [-0.2, -0.15) is 0 Å². The van der Waals surface area contributed by atoms with Crippen LogP contribution >= 0.6 is 15.9 Å². The summed E-state index contributed by atoms with van der Waals surface area (Å²) in [6.07, 6.45) is 0. The number of hydrogen-bond donors (Lipinski definition) is 1. The van der Waals surface area contributed by atoms with E-state index in [9.17, 15) is 9.18 Å². The Hall–Kier alpha value is -0.940. The van der Waals surface area contributed by atoms with E-state index in [4.69, 9.17) is 5.11 Å². The molecule has 0 spiro atoms. The van der Waals surface area contributed by atoms with Crippen molar-refractivity contribution in [1.82, 2.24) is 4.90 Å². The Labute approximate surface area is 108 Å². The third-order valence-corrected chi connectivity index (χ3v) is 3.61. The van der Waals surface area contributed by atoms with Crippen molar-refractivity contribution in [3.8, 4) is 0 Å². The Morgan fingerprint density at radius 2 is 2.06 bits per heavy atom. The SMILES string of the molecule is CC(C(=O)O)N(C)C(C)c1ccc(F)c(Br)c1. The van der Waals surface area contributed by atoms with Crippen LogP contribution in [0.5, 0.6) is 0 Å². The van der Waals surface area contributed by atoms with Crippen molar-refractivity contribution in [2.45, 2.75) is 25.9 Å². The Balaban J connectivity index is 2.92. The van der Waals surface area contributed by atoms with Crippen molar-refractivity contribution >= 4 is 21.9 Å². The molecular weight excluding hydrogens is 289 g/mol. The van der Waals surface area contributed by atoms with Crippen molar-refractivity contribution in [3.63, 3.8) is 0 Å². The summed E-state index contributed by atoms with van der Waals surface area (Å²) in [5.74, 6) is -1.20. The average molecular weight is 304 g/mol. The van der Waals surface area contributed by atoms with Crippen LogP contribution in [0.25, 0.3) is 0 Å². The van der Waals surface area contributed by atoms with E-state index in [1.165, 1.54) is 6.07 Å². The topological polar surface area (TPSA) is 40.5 Å². The maximum atomic E-state index is 13.1. The number of halogens is 2. The number of carboxylic acid groups (broad SMARTS) is 1. The first kappa shape index (κ1) is 14.1. The maximum Gasteiger partial charge on any atom is 0.320 e. The standard InChI is InChI=1S/C12H15BrFNO2/c1-7(15(3)8(2)12(16)17)9-4-5-11(14)10(13)6-9/h4-8H,1-3H3,(H,16,17). The zero-order chi connectivity index (χ0) is 13.2. The van der Waals surface area contributed by atoms with Crippen LogP contribution < -0.4 is 0 Å². The first-order chi connectivity index (χ1) is 7.84. The summed E-state index contributed by atoms with van der Waals surface area (Å²) in [6, 6.07) is 4.02. The van der Waals surface area contributed by atoms with E-state index in [2.05, 4.69) is 15.9 Å². The molecule has 17 heavy (non-hydrogen) atoms. The molecule has 1 N–H and O–H groups in total. The number of likely N-dealkylation sites (N-methyl/N-ethyl adjacent to an activating group) is 1. The van der Waals surface area contributed by atoms with Crippen LogP contribution in [-0.4, -0.2) is 29.1 Å². The minimum absolute atomic E-state index is 0.0991. The fraction of sp³-hybridized carbons (Fsp3) is 0.417. The molecule has 0 aliphatic heterocycles. The highest BCUT2D eigenvalue weighted by molar-refractivity contribution is 9.10. The summed E-state index contributed by atoms with van der Waals surface area (Å²) >= 11 is 3.12. The number of carbonyl (C=O) groups is 1. The highest BCUT2D eigenvalue weighted by Gasteiger charge is 2.22. The van der Waals surface area contributed by atoms with Gasteiger partial charge in [0.15, 0.2) is 0 Å². The molecular formula is C12H15BrFNO2. The smallest absolute Gasteiger partial charge is 0.320 e. The molecule has 0 amide bonds. The van der Waals surface area contributed by atoms with Gasteiger partial charge in [-0.1, -0.05) is 6.07 Å². The van der Waals surface area contributed by atoms with Crippen molar-refractivity contribution in [1.29, 1.82) is 0 Å². The number of aliphatic carboxylic acids is 1. The van der Waals surface area contributed by atoms with Crippen molar-refractivity contribution in [2.24, 2.45) is 0 Å². The van der Waals surface area contributed by atoms with Gasteiger partial charge >= 0.3 is 5.97 Å². The summed E-state index contributed by atoms with van der Waals surface area (Å²) < 4.78 is 13.5. The summed E-state index contributed by atoms with van der Waals surface area (Å²) in [6.45, 7) is 3.51. The molecule has 0 heterocycles. The normalized spacial score (nSPS) is 14.7. The molecule has 0 aliphatic rings. The molecule has 1 rings (SSSR count).